The van der Waals surface area contributed by atoms with Crippen LogP contribution in [0, 0.1) is 5.92 Å². The van der Waals surface area contributed by atoms with Crippen molar-refractivity contribution in [3.8, 4) is 0 Å². The van der Waals surface area contributed by atoms with Crippen LogP contribution >= 0.6 is 0 Å². The minimum Gasteiger partial charge on any atom is -0.463 e. The van der Waals surface area contributed by atoms with E-state index in [0.29, 0.717) is 23.4 Å². The van der Waals surface area contributed by atoms with Crippen molar-refractivity contribution in [2.75, 3.05) is 11.9 Å². The molecule has 2 aromatic rings. The van der Waals surface area contributed by atoms with E-state index < -0.39 is 30.4 Å². The highest BCUT2D eigenvalue weighted by Gasteiger charge is 2.45. The van der Waals surface area contributed by atoms with E-state index in [1.165, 1.54) is 10.8 Å². The standard InChI is InChI=1S/C20H28N4O6/c1-4-5-6-15(25)23-19-13-8-7-12(24(13)22-10-21-19)18-17(27)16(26)14(30-18)9-29-20(28)11(2)3/h7-8,10-11,14,16-18,26-27H,4-6,9H2,1-3H3,(H,21,22,23,25)/t14-,16-,17-,18+/m1/s1. The fourth-order valence-electron chi connectivity index (χ4n) is 3.26. The number of aromatic nitrogens is 3. The van der Waals surface area contributed by atoms with Crippen LogP contribution in [0.15, 0.2) is 18.5 Å². The molecule has 1 saturated heterocycles. The maximum Gasteiger partial charge on any atom is 0.308 e. The molecule has 3 N–H and O–H groups in total. The van der Waals surface area contributed by atoms with E-state index in [4.69, 9.17) is 9.47 Å². The van der Waals surface area contributed by atoms with E-state index in [1.54, 1.807) is 26.0 Å². The molecule has 10 nitrogen and oxygen atoms in total. The van der Waals surface area contributed by atoms with Gasteiger partial charge in [-0.15, -0.1) is 0 Å². The van der Waals surface area contributed by atoms with Crippen LogP contribution < -0.4 is 5.32 Å². The number of anilines is 1. The van der Waals surface area contributed by atoms with Gasteiger partial charge in [-0.2, -0.15) is 5.10 Å². The average molecular weight is 420 g/mol. The van der Waals surface area contributed by atoms with Gasteiger partial charge in [0, 0.05) is 6.42 Å². The lowest BCUT2D eigenvalue weighted by atomic mass is 10.1. The summed E-state index contributed by atoms with van der Waals surface area (Å²) in [5.41, 5.74) is 1.03. The molecule has 0 aliphatic carbocycles. The summed E-state index contributed by atoms with van der Waals surface area (Å²) in [5.74, 6) is -0.498. The minimum absolute atomic E-state index is 0.139. The lowest BCUT2D eigenvalue weighted by Gasteiger charge is -2.15. The Morgan fingerprint density at radius 3 is 2.77 bits per heavy atom. The highest BCUT2D eigenvalue weighted by molar-refractivity contribution is 5.93. The van der Waals surface area contributed by atoms with Crippen molar-refractivity contribution >= 4 is 23.2 Å². The number of esters is 1. The Labute approximate surface area is 174 Å². The number of ether oxygens (including phenoxy) is 2. The molecule has 1 aliphatic rings. The van der Waals surface area contributed by atoms with Crippen molar-refractivity contribution < 1.29 is 29.3 Å². The molecule has 10 heteroatoms. The molecule has 0 bridgehead atoms. The predicted molar refractivity (Wildman–Crippen MR) is 107 cm³/mol. The molecule has 1 fully saturated rings. The molecular formula is C20H28N4O6. The summed E-state index contributed by atoms with van der Waals surface area (Å²) in [6, 6.07) is 3.40. The molecule has 2 aromatic heterocycles. The SMILES string of the molecule is CCCCC(=O)Nc1ncnn2c([C@@H]3O[C@H](COC(=O)C(C)C)[C@@H](O)[C@H]3O)ccc12. The van der Waals surface area contributed by atoms with Crippen LogP contribution in [-0.4, -0.2) is 61.6 Å². The first kappa shape index (κ1) is 22.1. The second-order valence-corrected chi connectivity index (χ2v) is 7.68. The third-order valence-electron chi connectivity index (χ3n) is 5.01. The number of aliphatic hydroxyl groups is 2. The molecule has 3 heterocycles. The summed E-state index contributed by atoms with van der Waals surface area (Å²) in [6.45, 7) is 5.25. The molecule has 0 radical (unpaired) electrons. The van der Waals surface area contributed by atoms with Crippen LogP contribution in [0.4, 0.5) is 5.82 Å². The average Bonchev–Trinajstić information content (AvgIpc) is 3.27. The number of fused-ring (bicyclic) bond motifs is 1. The fraction of sp³-hybridized carbons (Fsp3) is 0.600. The number of unbranched alkanes of at least 4 members (excludes halogenated alkanes) is 1. The van der Waals surface area contributed by atoms with Crippen LogP contribution in [0.1, 0.15) is 51.8 Å². The van der Waals surface area contributed by atoms with Gasteiger partial charge in [0.1, 0.15) is 42.9 Å². The quantitative estimate of drug-likeness (QED) is 0.543. The molecule has 1 aliphatic heterocycles. The normalized spacial score (nSPS) is 23.8. The first-order chi connectivity index (χ1) is 14.3. The Kier molecular flexibility index (Phi) is 7.01. The topological polar surface area (TPSA) is 135 Å². The molecule has 1 amide bonds. The summed E-state index contributed by atoms with van der Waals surface area (Å²) < 4.78 is 12.4. The molecule has 4 atom stereocenters. The number of carbonyl (C=O) groups is 2. The van der Waals surface area contributed by atoms with Gasteiger partial charge < -0.3 is 25.0 Å². The molecular weight excluding hydrogens is 392 g/mol. The van der Waals surface area contributed by atoms with E-state index >= 15 is 0 Å². The van der Waals surface area contributed by atoms with Crippen LogP contribution in [-0.2, 0) is 19.1 Å². The summed E-state index contributed by atoms with van der Waals surface area (Å²) in [5, 5.41) is 27.8. The van der Waals surface area contributed by atoms with E-state index in [1.807, 2.05) is 6.92 Å². The first-order valence-corrected chi connectivity index (χ1v) is 10.1. The summed E-state index contributed by atoms with van der Waals surface area (Å²) in [6.07, 6.45) is -0.827. The number of nitrogens with one attached hydrogen (secondary N) is 1. The van der Waals surface area contributed by atoms with Gasteiger partial charge in [0.15, 0.2) is 5.82 Å². The number of nitrogens with zero attached hydrogens (tertiary/aromatic N) is 3. The van der Waals surface area contributed by atoms with Gasteiger partial charge in [-0.3, -0.25) is 9.59 Å². The van der Waals surface area contributed by atoms with Crippen molar-refractivity contribution in [3.05, 3.63) is 24.2 Å². The van der Waals surface area contributed by atoms with Gasteiger partial charge in [-0.1, -0.05) is 27.2 Å². The van der Waals surface area contributed by atoms with Crippen LogP contribution in [0.3, 0.4) is 0 Å². The molecule has 0 unspecified atom stereocenters. The van der Waals surface area contributed by atoms with Gasteiger partial charge in [0.05, 0.1) is 11.6 Å². The second kappa shape index (κ2) is 9.50. The highest BCUT2D eigenvalue weighted by Crippen LogP contribution is 2.35. The molecule has 0 spiro atoms. The molecule has 0 aromatic carbocycles. The molecule has 30 heavy (non-hydrogen) atoms. The third-order valence-corrected chi connectivity index (χ3v) is 5.01. The molecule has 3 rings (SSSR count). The van der Waals surface area contributed by atoms with Gasteiger partial charge in [0.2, 0.25) is 5.91 Å². The van der Waals surface area contributed by atoms with Crippen LogP contribution in [0.2, 0.25) is 0 Å². The lowest BCUT2D eigenvalue weighted by molar-refractivity contribution is -0.152. The minimum atomic E-state index is -1.23. The Morgan fingerprint density at radius 2 is 2.07 bits per heavy atom. The zero-order valence-corrected chi connectivity index (χ0v) is 17.3. The number of aliphatic hydroxyl groups excluding tert-OH is 2. The van der Waals surface area contributed by atoms with Crippen LogP contribution in [0.25, 0.3) is 5.52 Å². The van der Waals surface area contributed by atoms with E-state index in [9.17, 15) is 19.8 Å². The van der Waals surface area contributed by atoms with Crippen LogP contribution in [0.5, 0.6) is 0 Å². The number of hydrogen-bond donors (Lipinski definition) is 3. The third kappa shape index (κ3) is 4.61. The van der Waals surface area contributed by atoms with E-state index in [2.05, 4.69) is 15.4 Å². The smallest absolute Gasteiger partial charge is 0.308 e. The molecule has 0 saturated carbocycles. The Morgan fingerprint density at radius 1 is 1.30 bits per heavy atom. The lowest BCUT2D eigenvalue weighted by Crippen LogP contribution is -2.34. The zero-order valence-electron chi connectivity index (χ0n) is 17.3. The Hall–Kier alpha value is -2.56. The zero-order chi connectivity index (χ0) is 21.8. The maximum atomic E-state index is 12.1. The fourth-order valence-corrected chi connectivity index (χ4v) is 3.26. The number of hydrogen-bond acceptors (Lipinski definition) is 8. The van der Waals surface area contributed by atoms with Gasteiger partial charge in [-0.25, -0.2) is 9.50 Å². The number of rotatable bonds is 8. The van der Waals surface area contributed by atoms with Crippen molar-refractivity contribution in [3.63, 3.8) is 0 Å². The maximum absolute atomic E-state index is 12.1. The largest absolute Gasteiger partial charge is 0.463 e. The van der Waals surface area contributed by atoms with E-state index in [0.717, 1.165) is 12.8 Å². The van der Waals surface area contributed by atoms with Crippen molar-refractivity contribution in [1.29, 1.82) is 0 Å². The van der Waals surface area contributed by atoms with Gasteiger partial charge in [0.25, 0.3) is 0 Å². The summed E-state index contributed by atoms with van der Waals surface area (Å²) >= 11 is 0. The Bertz CT molecular complexity index is 899. The van der Waals surface area contributed by atoms with Crippen molar-refractivity contribution in [2.45, 2.75) is 64.4 Å². The summed E-state index contributed by atoms with van der Waals surface area (Å²) in [4.78, 5) is 27.9. The first-order valence-electron chi connectivity index (χ1n) is 10.1. The highest BCUT2D eigenvalue weighted by atomic mass is 16.6. The van der Waals surface area contributed by atoms with E-state index in [-0.39, 0.29) is 18.4 Å². The Balaban J connectivity index is 1.77. The second-order valence-electron chi connectivity index (χ2n) is 7.68. The van der Waals surface area contributed by atoms with Crippen molar-refractivity contribution in [1.82, 2.24) is 14.6 Å². The molecule has 164 valence electrons. The van der Waals surface area contributed by atoms with Gasteiger partial charge >= 0.3 is 5.97 Å². The van der Waals surface area contributed by atoms with Gasteiger partial charge in [-0.05, 0) is 18.6 Å². The monoisotopic (exact) mass is 420 g/mol. The van der Waals surface area contributed by atoms with Crippen molar-refractivity contribution in [2.24, 2.45) is 5.92 Å². The summed E-state index contributed by atoms with van der Waals surface area (Å²) in [7, 11) is 0. The predicted octanol–water partition coefficient (Wildman–Crippen LogP) is 1.22. The number of amides is 1. The number of carbonyl (C=O) groups excluding carboxylic acids is 2.